The van der Waals surface area contributed by atoms with Crippen molar-refractivity contribution in [2.24, 2.45) is 0 Å². The van der Waals surface area contributed by atoms with E-state index in [9.17, 15) is 4.79 Å². The van der Waals surface area contributed by atoms with Crippen molar-refractivity contribution in [3.05, 3.63) is 34.0 Å². The molecule has 0 saturated heterocycles. The molecule has 0 amide bonds. The molecule has 5 nitrogen and oxygen atoms in total. The highest BCUT2D eigenvalue weighted by Gasteiger charge is 2.08. The van der Waals surface area contributed by atoms with E-state index in [0.29, 0.717) is 6.54 Å². The Kier molecular flexibility index (Phi) is 3.86. The van der Waals surface area contributed by atoms with Crippen LogP contribution in [-0.4, -0.2) is 20.7 Å². The molecule has 2 heterocycles. The van der Waals surface area contributed by atoms with E-state index in [1.54, 1.807) is 20.5 Å². The molecule has 0 aliphatic rings. The number of imidazole rings is 1. The molecular formula is C12H18N4OS. The van der Waals surface area contributed by atoms with Crippen molar-refractivity contribution >= 4 is 16.5 Å². The monoisotopic (exact) mass is 266 g/mol. The number of anilines is 1. The van der Waals surface area contributed by atoms with Crippen molar-refractivity contribution in [2.45, 2.75) is 33.4 Å². The Morgan fingerprint density at radius 1 is 1.44 bits per heavy atom. The third-order valence-corrected chi connectivity index (χ3v) is 3.58. The quantitative estimate of drug-likeness (QED) is 0.902. The Labute approximate surface area is 110 Å². The second kappa shape index (κ2) is 5.39. The zero-order valence-corrected chi connectivity index (χ0v) is 11.7. The number of hydrogen-bond donors (Lipinski definition) is 1. The fraction of sp³-hybridized carbons (Fsp3) is 0.500. The van der Waals surface area contributed by atoms with Crippen molar-refractivity contribution < 1.29 is 0 Å². The Hall–Kier alpha value is -1.56. The van der Waals surface area contributed by atoms with E-state index in [1.165, 1.54) is 0 Å². The summed E-state index contributed by atoms with van der Waals surface area (Å²) in [4.78, 5) is 17.4. The molecule has 0 radical (unpaired) electrons. The van der Waals surface area contributed by atoms with Crippen LogP contribution in [0.1, 0.15) is 31.7 Å². The van der Waals surface area contributed by atoms with Crippen LogP contribution in [0.2, 0.25) is 0 Å². The molecule has 6 heteroatoms. The van der Waals surface area contributed by atoms with Gasteiger partial charge in [0, 0.05) is 36.1 Å². The summed E-state index contributed by atoms with van der Waals surface area (Å²) < 4.78 is 3.44. The maximum atomic E-state index is 12.0. The number of hydrogen-bond acceptors (Lipinski definition) is 4. The van der Waals surface area contributed by atoms with Gasteiger partial charge in [0.25, 0.3) is 0 Å². The van der Waals surface area contributed by atoms with Crippen molar-refractivity contribution in [3.8, 4) is 0 Å². The Bertz CT molecular complexity index is 567. The summed E-state index contributed by atoms with van der Waals surface area (Å²) in [5.74, 6) is 0. The summed E-state index contributed by atoms with van der Waals surface area (Å²) in [6, 6.07) is 0.192. The first kappa shape index (κ1) is 12.9. The maximum Gasteiger partial charge on any atom is 0.328 e. The zero-order valence-electron chi connectivity index (χ0n) is 10.9. The Morgan fingerprint density at radius 3 is 2.83 bits per heavy atom. The van der Waals surface area contributed by atoms with Gasteiger partial charge in [-0.05, 0) is 20.8 Å². The molecule has 0 bridgehead atoms. The van der Waals surface area contributed by atoms with Gasteiger partial charge < -0.3 is 5.32 Å². The minimum absolute atomic E-state index is 0.0309. The van der Waals surface area contributed by atoms with Crippen molar-refractivity contribution in [2.75, 3.05) is 11.9 Å². The van der Waals surface area contributed by atoms with Crippen molar-refractivity contribution in [1.29, 1.82) is 0 Å². The van der Waals surface area contributed by atoms with Gasteiger partial charge in [-0.25, -0.2) is 9.78 Å². The van der Waals surface area contributed by atoms with Gasteiger partial charge >= 0.3 is 5.69 Å². The zero-order chi connectivity index (χ0) is 13.1. The van der Waals surface area contributed by atoms with E-state index < -0.39 is 0 Å². The Balaban J connectivity index is 2.16. The predicted molar refractivity (Wildman–Crippen MR) is 74.5 cm³/mol. The first-order chi connectivity index (χ1) is 8.61. The highest BCUT2D eigenvalue weighted by molar-refractivity contribution is 7.15. The molecule has 2 aromatic heterocycles. The molecule has 98 valence electrons. The summed E-state index contributed by atoms with van der Waals surface area (Å²) in [5, 5.41) is 4.07. The Morgan fingerprint density at radius 2 is 2.22 bits per heavy atom. The summed E-state index contributed by atoms with van der Waals surface area (Å²) in [6.45, 7) is 7.48. The SMILES string of the molecule is CCNc1ncc(Cn2ccn(C(C)C)c2=O)s1. The summed E-state index contributed by atoms with van der Waals surface area (Å²) in [5.41, 5.74) is 0.0309. The first-order valence-electron chi connectivity index (χ1n) is 6.07. The minimum Gasteiger partial charge on any atom is -0.362 e. The van der Waals surface area contributed by atoms with Gasteiger partial charge in [-0.1, -0.05) is 0 Å². The number of nitrogens with zero attached hydrogens (tertiary/aromatic N) is 3. The van der Waals surface area contributed by atoms with E-state index in [2.05, 4.69) is 10.3 Å². The number of thiazole rings is 1. The average molecular weight is 266 g/mol. The third-order valence-electron chi connectivity index (χ3n) is 2.64. The number of nitrogens with one attached hydrogen (secondary N) is 1. The van der Waals surface area contributed by atoms with Crippen LogP contribution in [0.15, 0.2) is 23.4 Å². The van der Waals surface area contributed by atoms with Gasteiger partial charge in [0.2, 0.25) is 0 Å². The molecule has 2 aromatic rings. The largest absolute Gasteiger partial charge is 0.362 e. The smallest absolute Gasteiger partial charge is 0.328 e. The lowest BCUT2D eigenvalue weighted by Gasteiger charge is -2.04. The summed E-state index contributed by atoms with van der Waals surface area (Å²) in [6.07, 6.45) is 5.48. The van der Waals surface area contributed by atoms with E-state index in [-0.39, 0.29) is 11.7 Å². The topological polar surface area (TPSA) is 51.9 Å². The molecule has 0 atom stereocenters. The first-order valence-corrected chi connectivity index (χ1v) is 6.89. The van der Waals surface area contributed by atoms with Crippen LogP contribution < -0.4 is 11.0 Å². The molecule has 0 unspecified atom stereocenters. The molecule has 0 spiro atoms. The predicted octanol–water partition coefficient (Wildman–Crippen LogP) is 2.17. The van der Waals surface area contributed by atoms with Crippen LogP contribution in [-0.2, 0) is 6.54 Å². The van der Waals surface area contributed by atoms with Crippen LogP contribution in [0.25, 0.3) is 0 Å². The van der Waals surface area contributed by atoms with Gasteiger partial charge in [-0.3, -0.25) is 9.13 Å². The lowest BCUT2D eigenvalue weighted by atomic mass is 10.4. The molecule has 1 N–H and O–H groups in total. The van der Waals surface area contributed by atoms with E-state index in [0.717, 1.165) is 16.6 Å². The van der Waals surface area contributed by atoms with E-state index >= 15 is 0 Å². The molecule has 0 aliphatic heterocycles. The standard InChI is InChI=1S/C12H18N4OS/c1-4-13-11-14-7-10(18-11)8-15-5-6-16(9(2)3)12(15)17/h5-7,9H,4,8H2,1-3H3,(H,13,14). The maximum absolute atomic E-state index is 12.0. The molecule has 0 saturated carbocycles. The van der Waals surface area contributed by atoms with Crippen LogP contribution in [0.3, 0.4) is 0 Å². The molecule has 18 heavy (non-hydrogen) atoms. The van der Waals surface area contributed by atoms with Crippen LogP contribution in [0.4, 0.5) is 5.13 Å². The van der Waals surface area contributed by atoms with Gasteiger partial charge in [0.15, 0.2) is 5.13 Å². The minimum atomic E-state index is 0.0309. The van der Waals surface area contributed by atoms with Crippen LogP contribution in [0, 0.1) is 0 Å². The van der Waals surface area contributed by atoms with Gasteiger partial charge in [0.05, 0.1) is 6.54 Å². The lowest BCUT2D eigenvalue weighted by molar-refractivity contribution is 0.562. The second-order valence-corrected chi connectivity index (χ2v) is 5.49. The highest BCUT2D eigenvalue weighted by Crippen LogP contribution is 2.18. The second-order valence-electron chi connectivity index (χ2n) is 4.37. The van der Waals surface area contributed by atoms with Gasteiger partial charge in [-0.15, -0.1) is 11.3 Å². The third kappa shape index (κ3) is 2.64. The van der Waals surface area contributed by atoms with E-state index in [1.807, 2.05) is 39.4 Å². The van der Waals surface area contributed by atoms with Crippen molar-refractivity contribution in [1.82, 2.24) is 14.1 Å². The average Bonchev–Trinajstić information content (AvgIpc) is 2.89. The summed E-state index contributed by atoms with van der Waals surface area (Å²) in [7, 11) is 0. The number of rotatable bonds is 5. The van der Waals surface area contributed by atoms with E-state index in [4.69, 9.17) is 0 Å². The molecule has 0 aliphatic carbocycles. The molecule has 0 fully saturated rings. The lowest BCUT2D eigenvalue weighted by Crippen LogP contribution is -2.25. The van der Waals surface area contributed by atoms with Crippen LogP contribution in [0.5, 0.6) is 0 Å². The normalized spacial score (nSPS) is 11.1. The number of aromatic nitrogens is 3. The van der Waals surface area contributed by atoms with Crippen LogP contribution >= 0.6 is 11.3 Å². The molecular weight excluding hydrogens is 248 g/mol. The van der Waals surface area contributed by atoms with Gasteiger partial charge in [-0.2, -0.15) is 0 Å². The van der Waals surface area contributed by atoms with Crippen molar-refractivity contribution in [3.63, 3.8) is 0 Å². The fourth-order valence-electron chi connectivity index (χ4n) is 1.72. The van der Waals surface area contributed by atoms with Gasteiger partial charge in [0.1, 0.15) is 0 Å². The highest BCUT2D eigenvalue weighted by atomic mass is 32.1. The molecule has 2 rings (SSSR count). The molecule has 0 aromatic carbocycles. The fourth-order valence-corrected chi connectivity index (χ4v) is 2.60. The summed E-state index contributed by atoms with van der Waals surface area (Å²) >= 11 is 1.59.